The van der Waals surface area contributed by atoms with E-state index >= 15 is 0 Å². The molecule has 86 heavy (non-hydrogen) atoms. The molecule has 6 nitrogen and oxygen atoms in total. The van der Waals surface area contributed by atoms with Crippen molar-refractivity contribution in [3.05, 3.63) is 12.2 Å². The van der Waals surface area contributed by atoms with E-state index in [1.165, 1.54) is 398 Å². The van der Waals surface area contributed by atoms with E-state index in [1.54, 1.807) is 6.08 Å². The summed E-state index contributed by atoms with van der Waals surface area (Å²) in [6, 6.07) is -0.626. The molecule has 2 unspecified atom stereocenters. The third-order valence-electron chi connectivity index (χ3n) is 19.1. The Bertz CT molecular complexity index is 1300. The molecule has 0 spiro atoms. The fourth-order valence-electron chi connectivity index (χ4n) is 13.0. The topological polar surface area (TPSA) is 95.9 Å². The first-order valence-corrected chi connectivity index (χ1v) is 40.0. The molecule has 0 aliphatic heterocycles. The molecule has 0 aliphatic rings. The summed E-state index contributed by atoms with van der Waals surface area (Å²) >= 11 is 0. The van der Waals surface area contributed by atoms with Crippen LogP contribution in [0.1, 0.15) is 463 Å². The van der Waals surface area contributed by atoms with Gasteiger partial charge in [0, 0.05) is 12.8 Å². The van der Waals surface area contributed by atoms with Crippen molar-refractivity contribution >= 4 is 11.9 Å². The van der Waals surface area contributed by atoms with Crippen molar-refractivity contribution in [1.82, 2.24) is 5.32 Å². The van der Waals surface area contributed by atoms with Crippen molar-refractivity contribution in [2.75, 3.05) is 13.2 Å². The highest BCUT2D eigenvalue weighted by atomic mass is 16.5. The maximum absolute atomic E-state index is 12.5. The van der Waals surface area contributed by atoms with E-state index < -0.39 is 12.1 Å². The van der Waals surface area contributed by atoms with E-state index in [-0.39, 0.29) is 18.5 Å². The molecule has 6 heteroatoms. The number of esters is 1. The molecule has 0 aromatic rings. The lowest BCUT2D eigenvalue weighted by Crippen LogP contribution is -2.45. The van der Waals surface area contributed by atoms with Gasteiger partial charge in [0.05, 0.1) is 25.4 Å². The van der Waals surface area contributed by atoms with Crippen molar-refractivity contribution in [2.45, 2.75) is 475 Å². The zero-order valence-electron chi connectivity index (χ0n) is 58.8. The number of hydrogen-bond donors (Lipinski definition) is 3. The molecule has 0 fully saturated rings. The number of nitrogens with one attached hydrogen (secondary N) is 1. The van der Waals surface area contributed by atoms with Gasteiger partial charge in [-0.1, -0.05) is 431 Å². The lowest BCUT2D eigenvalue weighted by Gasteiger charge is -2.20. The van der Waals surface area contributed by atoms with Crippen LogP contribution >= 0.6 is 0 Å². The van der Waals surface area contributed by atoms with E-state index in [2.05, 4.69) is 19.2 Å². The molecule has 0 aromatic carbocycles. The van der Waals surface area contributed by atoms with Crippen LogP contribution in [0.25, 0.3) is 0 Å². The van der Waals surface area contributed by atoms with Gasteiger partial charge < -0.3 is 20.3 Å². The van der Waals surface area contributed by atoms with Crippen LogP contribution in [0, 0.1) is 0 Å². The van der Waals surface area contributed by atoms with Crippen molar-refractivity contribution in [3.63, 3.8) is 0 Å². The predicted octanol–water partition coefficient (Wildman–Crippen LogP) is 26.3. The molecule has 512 valence electrons. The molecule has 2 atom stereocenters. The Labute approximate surface area is 539 Å². The summed E-state index contributed by atoms with van der Waals surface area (Å²) in [5, 5.41) is 23.3. The summed E-state index contributed by atoms with van der Waals surface area (Å²) in [5.41, 5.74) is 0. The normalized spacial score (nSPS) is 12.5. The number of carbonyl (C=O) groups excluding carboxylic acids is 2. The molecular weight excluding hydrogens is 1050 g/mol. The van der Waals surface area contributed by atoms with E-state index in [1.807, 2.05) is 6.08 Å². The third-order valence-corrected chi connectivity index (χ3v) is 19.1. The van der Waals surface area contributed by atoms with Crippen LogP contribution in [0.5, 0.6) is 0 Å². The molecule has 0 aromatic heterocycles. The number of rotatable bonds is 76. The lowest BCUT2D eigenvalue weighted by molar-refractivity contribution is -0.143. The monoisotopic (exact) mass is 1210 g/mol. The number of hydrogen-bond acceptors (Lipinski definition) is 5. The van der Waals surface area contributed by atoms with Gasteiger partial charge in [-0.05, 0) is 32.1 Å². The molecule has 0 rings (SSSR count). The second-order valence-electron chi connectivity index (χ2n) is 27.8. The smallest absolute Gasteiger partial charge is 0.305 e. The molecule has 1 amide bonds. The zero-order chi connectivity index (χ0) is 62.0. The number of unbranched alkanes of at least 4 members (excludes halogenated alkanes) is 65. The first kappa shape index (κ1) is 84.6. The largest absolute Gasteiger partial charge is 0.466 e. The minimum absolute atomic E-state index is 0.0247. The average molecular weight is 1210 g/mol. The summed E-state index contributed by atoms with van der Waals surface area (Å²) < 4.78 is 5.52. The summed E-state index contributed by atoms with van der Waals surface area (Å²) in [4.78, 5) is 24.7. The van der Waals surface area contributed by atoms with Crippen LogP contribution in [0.3, 0.4) is 0 Å². The number of aliphatic hydroxyl groups excluding tert-OH is 2. The van der Waals surface area contributed by atoms with E-state index in [4.69, 9.17) is 4.74 Å². The fraction of sp³-hybridized carbons (Fsp3) is 0.950. The van der Waals surface area contributed by atoms with Crippen LogP contribution in [-0.2, 0) is 14.3 Å². The lowest BCUT2D eigenvalue weighted by atomic mass is 10.0. The second kappa shape index (κ2) is 76.1. The first-order valence-electron chi connectivity index (χ1n) is 40.0. The summed E-state index contributed by atoms with van der Waals surface area (Å²) in [5.74, 6) is -0.0346. The van der Waals surface area contributed by atoms with Gasteiger partial charge in [-0.2, -0.15) is 0 Å². The van der Waals surface area contributed by atoms with E-state index in [0.29, 0.717) is 19.4 Å². The van der Waals surface area contributed by atoms with Gasteiger partial charge in [0.25, 0.3) is 0 Å². The zero-order valence-corrected chi connectivity index (χ0v) is 58.8. The molecule has 0 heterocycles. The van der Waals surface area contributed by atoms with Crippen molar-refractivity contribution < 1.29 is 24.5 Å². The maximum atomic E-state index is 12.5. The Morgan fingerprint density at radius 2 is 0.535 bits per heavy atom. The molecule has 0 bridgehead atoms. The predicted molar refractivity (Wildman–Crippen MR) is 380 cm³/mol. The molecule has 0 aliphatic carbocycles. The number of aliphatic hydroxyl groups is 2. The van der Waals surface area contributed by atoms with Crippen molar-refractivity contribution in [3.8, 4) is 0 Å². The van der Waals surface area contributed by atoms with Gasteiger partial charge in [0.1, 0.15) is 0 Å². The van der Waals surface area contributed by atoms with Crippen LogP contribution in [0.4, 0.5) is 0 Å². The van der Waals surface area contributed by atoms with Crippen molar-refractivity contribution in [1.29, 1.82) is 0 Å². The maximum Gasteiger partial charge on any atom is 0.305 e. The van der Waals surface area contributed by atoms with Gasteiger partial charge in [-0.3, -0.25) is 9.59 Å². The Hall–Kier alpha value is -1.40. The molecule has 0 saturated heterocycles. The fourth-order valence-corrected chi connectivity index (χ4v) is 13.0. The SMILES string of the molecule is CCCCCCCCCCCCCCCCCCCCCC/C=C/C(O)C(CO)NC(=O)CCCCCCCCCCCCCCCCCCCCCCCCCCCCCCOC(=O)CCCCCCCCCCCCCCCCCCCCC. The van der Waals surface area contributed by atoms with Crippen LogP contribution in [0.2, 0.25) is 0 Å². The van der Waals surface area contributed by atoms with Gasteiger partial charge in [-0.15, -0.1) is 0 Å². The van der Waals surface area contributed by atoms with Crippen molar-refractivity contribution in [2.24, 2.45) is 0 Å². The molecule has 0 radical (unpaired) electrons. The number of carbonyl (C=O) groups is 2. The highest BCUT2D eigenvalue weighted by Crippen LogP contribution is 2.20. The first-order chi connectivity index (χ1) is 42.5. The quantitative estimate of drug-likeness (QED) is 0.0320. The van der Waals surface area contributed by atoms with Gasteiger partial charge in [-0.25, -0.2) is 0 Å². The van der Waals surface area contributed by atoms with Crippen LogP contribution in [-0.4, -0.2) is 47.4 Å². The Morgan fingerprint density at radius 3 is 0.791 bits per heavy atom. The Morgan fingerprint density at radius 1 is 0.314 bits per heavy atom. The highest BCUT2D eigenvalue weighted by molar-refractivity contribution is 5.76. The minimum atomic E-state index is -0.843. The van der Waals surface area contributed by atoms with Gasteiger partial charge >= 0.3 is 5.97 Å². The van der Waals surface area contributed by atoms with Gasteiger partial charge in [0.15, 0.2) is 0 Å². The summed E-state index contributed by atoms with van der Waals surface area (Å²) in [7, 11) is 0. The number of ether oxygens (including phenoxy) is 1. The standard InChI is InChI=1S/C80H157NO5/c1-3-5-7-9-11-13-15-17-19-21-23-24-33-37-40-44-48-52-56-60-64-68-72-78(83)77(76-82)81-79(84)73-69-65-61-57-53-49-45-41-38-34-31-29-27-25-26-28-30-32-35-39-43-47-51-55-59-63-67-71-75-86-80(85)74-70-66-62-58-54-50-46-42-36-22-20-18-16-14-12-10-8-6-4-2/h68,72,77-78,82-83H,3-67,69-71,73-76H2,1-2H3,(H,81,84)/b72-68+. The van der Waals surface area contributed by atoms with Crippen LogP contribution < -0.4 is 5.32 Å². The minimum Gasteiger partial charge on any atom is -0.466 e. The second-order valence-corrected chi connectivity index (χ2v) is 27.8. The highest BCUT2D eigenvalue weighted by Gasteiger charge is 2.18. The molecular formula is C80H157NO5. The molecule has 3 N–H and O–H groups in total. The van der Waals surface area contributed by atoms with E-state index in [0.717, 1.165) is 38.5 Å². The number of allylic oxidation sites excluding steroid dienone is 1. The summed E-state index contributed by atoms with van der Waals surface area (Å²) in [6.45, 7) is 4.97. The average Bonchev–Trinajstić information content (AvgIpc) is 3.53. The Kier molecular flexibility index (Phi) is 74.8. The van der Waals surface area contributed by atoms with Gasteiger partial charge in [0.2, 0.25) is 5.91 Å². The van der Waals surface area contributed by atoms with Crippen LogP contribution in [0.15, 0.2) is 12.2 Å². The number of amides is 1. The Balaban J connectivity index is 3.34. The van der Waals surface area contributed by atoms with E-state index in [9.17, 15) is 19.8 Å². The molecule has 0 saturated carbocycles. The summed E-state index contributed by atoms with van der Waals surface area (Å²) in [6.07, 6.45) is 96.2. The third kappa shape index (κ3) is 71.7.